The summed E-state index contributed by atoms with van der Waals surface area (Å²) >= 11 is 0. The molecule has 0 spiro atoms. The van der Waals surface area contributed by atoms with Crippen LogP contribution in [0.1, 0.15) is 68.8 Å². The second kappa shape index (κ2) is 16.3. The van der Waals surface area contributed by atoms with Crippen LogP contribution in [0.25, 0.3) is 11.0 Å². The van der Waals surface area contributed by atoms with E-state index in [0.717, 1.165) is 67.5 Å². The predicted octanol–water partition coefficient (Wildman–Crippen LogP) is 7.05. The van der Waals surface area contributed by atoms with Crippen LogP contribution in [-0.4, -0.2) is 58.8 Å². The molecular formula is C31H44Cl2FN3O3. The van der Waals surface area contributed by atoms with Gasteiger partial charge in [-0.2, -0.15) is 0 Å². The average molecular weight is 597 g/mol. The number of hydrogen-bond acceptors (Lipinski definition) is 4. The van der Waals surface area contributed by atoms with Crippen LogP contribution in [0, 0.1) is 17.7 Å². The van der Waals surface area contributed by atoms with Gasteiger partial charge in [0.1, 0.15) is 11.6 Å². The zero-order valence-corrected chi connectivity index (χ0v) is 25.4. The van der Waals surface area contributed by atoms with Gasteiger partial charge in [-0.25, -0.2) is 14.2 Å². The van der Waals surface area contributed by atoms with E-state index in [-0.39, 0.29) is 42.5 Å². The number of para-hydroxylation sites is 2. The third-order valence-corrected chi connectivity index (χ3v) is 7.93. The molecule has 0 radical (unpaired) electrons. The molecule has 4 rings (SSSR count). The quantitative estimate of drug-likeness (QED) is 0.195. The summed E-state index contributed by atoms with van der Waals surface area (Å²) in [7, 11) is 2.05. The molecule has 0 aliphatic heterocycles. The van der Waals surface area contributed by atoms with Gasteiger partial charge in [0, 0.05) is 13.0 Å². The zero-order valence-electron chi connectivity index (χ0n) is 23.8. The van der Waals surface area contributed by atoms with Gasteiger partial charge < -0.3 is 19.7 Å². The highest BCUT2D eigenvalue weighted by molar-refractivity contribution is 5.85. The van der Waals surface area contributed by atoms with E-state index in [9.17, 15) is 14.3 Å². The number of aromatic nitrogens is 2. The van der Waals surface area contributed by atoms with Crippen molar-refractivity contribution in [2.45, 2.75) is 70.8 Å². The van der Waals surface area contributed by atoms with E-state index in [1.807, 2.05) is 37.4 Å². The number of carboxylic acid groups (broad SMARTS) is 1. The van der Waals surface area contributed by atoms with Gasteiger partial charge in [-0.15, -0.1) is 24.8 Å². The maximum atomic E-state index is 13.7. The summed E-state index contributed by atoms with van der Waals surface area (Å²) in [5, 5.41) is 9.79. The first-order valence-corrected chi connectivity index (χ1v) is 14.1. The lowest BCUT2D eigenvalue weighted by Gasteiger charge is -2.36. The molecule has 40 heavy (non-hydrogen) atoms. The normalized spacial score (nSPS) is 17.4. The maximum Gasteiger partial charge on any atom is 0.332 e. The number of nitrogens with zero attached hydrogens (tertiary/aromatic N) is 2. The lowest BCUT2D eigenvalue weighted by molar-refractivity contribution is -0.152. The number of ether oxygens (including phenoxy) is 1. The SMILES string of the molecule is CC(C)[C@@H]1c2ccc(F)cc2CCC1CO[C@@H](CCN(C)CCCCCc1nc2ccccc2[nH]1)C(=O)O.Cl.Cl. The molecule has 222 valence electrons. The number of halogens is 3. The summed E-state index contributed by atoms with van der Waals surface area (Å²) in [6.07, 6.45) is 5.52. The van der Waals surface area contributed by atoms with Gasteiger partial charge in [-0.1, -0.05) is 38.5 Å². The van der Waals surface area contributed by atoms with Crippen molar-refractivity contribution in [1.29, 1.82) is 0 Å². The number of fused-ring (bicyclic) bond motifs is 2. The van der Waals surface area contributed by atoms with E-state index < -0.39 is 12.1 Å². The lowest BCUT2D eigenvalue weighted by Crippen LogP contribution is -2.34. The molecule has 1 aliphatic carbocycles. The van der Waals surface area contributed by atoms with Crippen LogP contribution < -0.4 is 0 Å². The fraction of sp³-hybridized carbons (Fsp3) is 0.548. The molecule has 2 aromatic carbocycles. The van der Waals surface area contributed by atoms with Crippen molar-refractivity contribution in [2.24, 2.45) is 11.8 Å². The monoisotopic (exact) mass is 595 g/mol. The molecule has 1 unspecified atom stereocenters. The number of nitrogens with one attached hydrogen (secondary N) is 1. The minimum Gasteiger partial charge on any atom is -0.479 e. The van der Waals surface area contributed by atoms with Gasteiger partial charge >= 0.3 is 5.97 Å². The summed E-state index contributed by atoms with van der Waals surface area (Å²) < 4.78 is 19.8. The van der Waals surface area contributed by atoms with Crippen LogP contribution in [-0.2, 0) is 22.4 Å². The van der Waals surface area contributed by atoms with Crippen molar-refractivity contribution in [2.75, 3.05) is 26.7 Å². The zero-order chi connectivity index (χ0) is 27.1. The Balaban J connectivity index is 0.00000280. The topological polar surface area (TPSA) is 78.5 Å². The van der Waals surface area contributed by atoms with Gasteiger partial charge in [-0.3, -0.25) is 0 Å². The summed E-state index contributed by atoms with van der Waals surface area (Å²) in [6.45, 7) is 6.38. The molecule has 0 saturated heterocycles. The molecule has 1 aliphatic rings. The predicted molar refractivity (Wildman–Crippen MR) is 163 cm³/mol. The first-order chi connectivity index (χ1) is 18.3. The number of rotatable bonds is 14. The fourth-order valence-corrected chi connectivity index (χ4v) is 5.92. The number of unbranched alkanes of at least 4 members (excludes halogenated alkanes) is 2. The molecule has 3 aromatic rings. The van der Waals surface area contributed by atoms with Gasteiger partial charge in [0.25, 0.3) is 0 Å². The van der Waals surface area contributed by atoms with E-state index in [4.69, 9.17) is 4.74 Å². The Hall–Kier alpha value is -2.19. The maximum absolute atomic E-state index is 13.7. The smallest absolute Gasteiger partial charge is 0.332 e. The van der Waals surface area contributed by atoms with Crippen LogP contribution in [0.3, 0.4) is 0 Å². The number of aromatic amines is 1. The standard InChI is InChI=1S/C31H42FN3O3.2ClH/c1-21(2)30-23(13-12-22-19-24(32)14-15-25(22)30)20-38-28(31(36)37)16-18-35(3)17-8-4-5-11-29-33-26-9-6-7-10-27(26)34-29;;/h6-7,9-10,14-15,19,21,23,28,30H,4-5,8,11-13,16-18,20H2,1-3H3,(H,33,34)(H,36,37);2*1H/t23?,28-,30-;;/m0../s1. The van der Waals surface area contributed by atoms with E-state index >= 15 is 0 Å². The molecular weight excluding hydrogens is 552 g/mol. The van der Waals surface area contributed by atoms with Crippen LogP contribution in [0.5, 0.6) is 0 Å². The lowest BCUT2D eigenvalue weighted by atomic mass is 9.70. The number of imidazole rings is 1. The number of benzene rings is 2. The molecule has 0 amide bonds. The molecule has 3 atom stereocenters. The number of hydrogen-bond donors (Lipinski definition) is 2. The van der Waals surface area contributed by atoms with Crippen molar-refractivity contribution in [3.63, 3.8) is 0 Å². The van der Waals surface area contributed by atoms with Crippen LogP contribution in [0.2, 0.25) is 0 Å². The molecule has 0 fully saturated rings. The minimum atomic E-state index is -0.899. The average Bonchev–Trinajstić information content (AvgIpc) is 3.30. The minimum absolute atomic E-state index is 0. The Labute approximate surface area is 249 Å². The van der Waals surface area contributed by atoms with Crippen LogP contribution in [0.15, 0.2) is 42.5 Å². The number of aliphatic carboxylic acids is 1. The van der Waals surface area contributed by atoms with Crippen molar-refractivity contribution in [1.82, 2.24) is 14.9 Å². The highest BCUT2D eigenvalue weighted by Crippen LogP contribution is 2.41. The first kappa shape index (κ1) is 34.0. The molecule has 0 saturated carbocycles. The van der Waals surface area contributed by atoms with Gasteiger partial charge in [0.05, 0.1) is 17.6 Å². The Morgan fingerprint density at radius 1 is 1.15 bits per heavy atom. The van der Waals surface area contributed by atoms with E-state index in [0.29, 0.717) is 25.5 Å². The van der Waals surface area contributed by atoms with Gasteiger partial charge in [0.2, 0.25) is 0 Å². The Morgan fingerprint density at radius 2 is 1.93 bits per heavy atom. The number of aryl methyl sites for hydroxylation is 2. The molecule has 6 nitrogen and oxygen atoms in total. The van der Waals surface area contributed by atoms with Gasteiger partial charge in [-0.05, 0) is 98.8 Å². The third-order valence-electron chi connectivity index (χ3n) is 7.93. The van der Waals surface area contributed by atoms with Crippen molar-refractivity contribution >= 4 is 41.8 Å². The second-order valence-electron chi connectivity index (χ2n) is 11.2. The summed E-state index contributed by atoms with van der Waals surface area (Å²) in [5.74, 6) is 0.796. The number of carboxylic acids is 1. The number of H-pyrrole nitrogens is 1. The third kappa shape index (κ3) is 9.16. The van der Waals surface area contributed by atoms with Crippen molar-refractivity contribution < 1.29 is 19.0 Å². The molecule has 0 bridgehead atoms. The second-order valence-corrected chi connectivity index (χ2v) is 11.2. The summed E-state index contributed by atoms with van der Waals surface area (Å²) in [5.41, 5.74) is 4.36. The Morgan fingerprint density at radius 3 is 2.65 bits per heavy atom. The highest BCUT2D eigenvalue weighted by atomic mass is 35.5. The molecule has 2 N–H and O–H groups in total. The Bertz CT molecular complexity index is 1170. The van der Waals surface area contributed by atoms with Gasteiger partial charge in [0.15, 0.2) is 6.10 Å². The van der Waals surface area contributed by atoms with Crippen LogP contribution in [0.4, 0.5) is 4.39 Å². The van der Waals surface area contributed by atoms with Crippen molar-refractivity contribution in [3.05, 3.63) is 65.2 Å². The first-order valence-electron chi connectivity index (χ1n) is 14.1. The van der Waals surface area contributed by atoms with E-state index in [1.54, 1.807) is 6.07 Å². The highest BCUT2D eigenvalue weighted by Gasteiger charge is 2.33. The van der Waals surface area contributed by atoms with Crippen molar-refractivity contribution in [3.8, 4) is 0 Å². The van der Waals surface area contributed by atoms with E-state index in [2.05, 4.69) is 28.7 Å². The summed E-state index contributed by atoms with van der Waals surface area (Å²) in [4.78, 5) is 22.2. The fourth-order valence-electron chi connectivity index (χ4n) is 5.92. The van der Waals surface area contributed by atoms with E-state index in [1.165, 1.54) is 11.6 Å². The molecule has 1 heterocycles. The number of carbonyl (C=O) groups is 1. The largest absolute Gasteiger partial charge is 0.479 e. The Kier molecular flexibility index (Phi) is 13.9. The van der Waals surface area contributed by atoms with Crippen LogP contribution >= 0.6 is 24.8 Å². The molecule has 1 aromatic heterocycles. The molecule has 9 heteroatoms. The summed E-state index contributed by atoms with van der Waals surface area (Å²) in [6, 6.07) is 13.2.